The lowest BCUT2D eigenvalue weighted by Crippen LogP contribution is -2.37. The lowest BCUT2D eigenvalue weighted by atomic mass is 9.96. The number of rotatable bonds is 8. The normalized spacial score (nSPS) is 12.0. The van der Waals surface area contributed by atoms with Gasteiger partial charge in [0.2, 0.25) is 5.91 Å². The third-order valence-electron chi connectivity index (χ3n) is 4.05. The van der Waals surface area contributed by atoms with Crippen LogP contribution in [0, 0.1) is 11.7 Å². The van der Waals surface area contributed by atoms with E-state index in [-0.39, 0.29) is 30.2 Å². The number of para-hydroxylation sites is 1. The number of carbonyl (C=O) groups excluding carboxylic acids is 1. The van der Waals surface area contributed by atoms with Gasteiger partial charge in [0.1, 0.15) is 11.6 Å². The molecule has 4 nitrogen and oxygen atoms in total. The number of halogens is 1. The summed E-state index contributed by atoms with van der Waals surface area (Å²) in [6.07, 6.45) is 0. The smallest absolute Gasteiger partial charge is 0.234 e. The second-order valence-corrected chi connectivity index (χ2v) is 6.24. The summed E-state index contributed by atoms with van der Waals surface area (Å²) in [4.78, 5) is 12.2. The Morgan fingerprint density at radius 1 is 1.12 bits per heavy atom. The summed E-state index contributed by atoms with van der Waals surface area (Å²) < 4.78 is 18.4. The van der Waals surface area contributed by atoms with Gasteiger partial charge in [0.25, 0.3) is 0 Å². The molecular weight excluding hydrogens is 319 g/mol. The van der Waals surface area contributed by atoms with Crippen LogP contribution in [0.15, 0.2) is 48.5 Å². The Kier molecular flexibility index (Phi) is 6.95. The van der Waals surface area contributed by atoms with Crippen LogP contribution >= 0.6 is 0 Å². The maximum absolute atomic E-state index is 13.1. The van der Waals surface area contributed by atoms with E-state index in [9.17, 15) is 9.18 Å². The molecule has 2 rings (SSSR count). The summed E-state index contributed by atoms with van der Waals surface area (Å²) in [5.74, 6) is 0.661. The van der Waals surface area contributed by atoms with Crippen LogP contribution in [0.1, 0.15) is 31.0 Å². The molecule has 0 aromatic heterocycles. The molecular formula is C20H25FN2O2. The molecule has 1 atom stereocenters. The Bertz CT molecular complexity index is 686. The first-order valence-electron chi connectivity index (χ1n) is 8.38. The lowest BCUT2D eigenvalue weighted by molar-refractivity contribution is -0.120. The van der Waals surface area contributed by atoms with E-state index in [0.29, 0.717) is 6.54 Å². The van der Waals surface area contributed by atoms with Gasteiger partial charge in [-0.1, -0.05) is 44.2 Å². The van der Waals surface area contributed by atoms with Crippen LogP contribution < -0.4 is 15.4 Å². The minimum Gasteiger partial charge on any atom is -0.496 e. The molecule has 0 aliphatic heterocycles. The van der Waals surface area contributed by atoms with E-state index in [4.69, 9.17) is 4.74 Å². The second-order valence-electron chi connectivity index (χ2n) is 6.24. The fraction of sp³-hybridized carbons (Fsp3) is 0.350. The number of amides is 1. The summed E-state index contributed by atoms with van der Waals surface area (Å²) >= 11 is 0. The number of nitrogens with one attached hydrogen (secondary N) is 2. The van der Waals surface area contributed by atoms with Crippen molar-refractivity contribution in [3.8, 4) is 5.75 Å². The van der Waals surface area contributed by atoms with Crippen molar-refractivity contribution < 1.29 is 13.9 Å². The molecule has 25 heavy (non-hydrogen) atoms. The van der Waals surface area contributed by atoms with Gasteiger partial charge in [-0.15, -0.1) is 0 Å². The topological polar surface area (TPSA) is 50.4 Å². The highest BCUT2D eigenvalue weighted by molar-refractivity contribution is 5.78. The van der Waals surface area contributed by atoms with Crippen molar-refractivity contribution in [1.29, 1.82) is 0 Å². The summed E-state index contributed by atoms with van der Waals surface area (Å²) in [6, 6.07) is 13.9. The summed E-state index contributed by atoms with van der Waals surface area (Å²) in [5, 5.41) is 6.14. The van der Waals surface area contributed by atoms with Gasteiger partial charge in [0, 0.05) is 18.2 Å². The van der Waals surface area contributed by atoms with E-state index in [0.717, 1.165) is 16.9 Å². The van der Waals surface area contributed by atoms with Crippen LogP contribution in [0.25, 0.3) is 0 Å². The summed E-state index contributed by atoms with van der Waals surface area (Å²) in [6.45, 7) is 4.73. The molecule has 5 heteroatoms. The van der Waals surface area contributed by atoms with Crippen molar-refractivity contribution in [2.75, 3.05) is 13.7 Å². The number of ether oxygens (including phenoxy) is 1. The van der Waals surface area contributed by atoms with Crippen molar-refractivity contribution in [2.45, 2.75) is 26.4 Å². The largest absolute Gasteiger partial charge is 0.496 e. The number of hydrogen-bond donors (Lipinski definition) is 2. The molecule has 0 fully saturated rings. The average Bonchev–Trinajstić information content (AvgIpc) is 2.61. The Morgan fingerprint density at radius 3 is 2.44 bits per heavy atom. The van der Waals surface area contributed by atoms with E-state index in [1.54, 1.807) is 19.2 Å². The molecule has 0 saturated carbocycles. The quantitative estimate of drug-likeness (QED) is 0.771. The molecule has 2 aromatic carbocycles. The minimum absolute atomic E-state index is 0.0161. The molecule has 0 radical (unpaired) electrons. The average molecular weight is 344 g/mol. The first-order chi connectivity index (χ1) is 12.0. The van der Waals surface area contributed by atoms with Gasteiger partial charge < -0.3 is 15.4 Å². The number of hydrogen-bond acceptors (Lipinski definition) is 3. The van der Waals surface area contributed by atoms with Crippen LogP contribution in [-0.2, 0) is 11.3 Å². The molecule has 0 saturated heterocycles. The van der Waals surface area contributed by atoms with Gasteiger partial charge in [-0.25, -0.2) is 4.39 Å². The standard InChI is InChI=1S/C20H25FN2O2/c1-14(2)20(15-8-10-17(21)11-9-15)23-13-19(24)22-12-16-6-4-5-7-18(16)25-3/h4-11,14,20,23H,12-13H2,1-3H3,(H,22,24)/t20-/m1/s1. The first kappa shape index (κ1) is 18.9. The zero-order chi connectivity index (χ0) is 18.2. The monoisotopic (exact) mass is 344 g/mol. The van der Waals surface area contributed by atoms with Crippen LogP contribution in [0.5, 0.6) is 5.75 Å². The maximum Gasteiger partial charge on any atom is 0.234 e. The van der Waals surface area contributed by atoms with E-state index in [2.05, 4.69) is 24.5 Å². The van der Waals surface area contributed by atoms with Crippen LogP contribution in [-0.4, -0.2) is 19.6 Å². The maximum atomic E-state index is 13.1. The number of methoxy groups -OCH3 is 1. The van der Waals surface area contributed by atoms with Gasteiger partial charge in [-0.3, -0.25) is 4.79 Å². The summed E-state index contributed by atoms with van der Waals surface area (Å²) in [5.41, 5.74) is 1.89. The molecule has 0 heterocycles. The van der Waals surface area contributed by atoms with Crippen molar-refractivity contribution in [2.24, 2.45) is 5.92 Å². The predicted molar refractivity (Wildman–Crippen MR) is 96.8 cm³/mol. The predicted octanol–water partition coefficient (Wildman–Crippen LogP) is 3.44. The Hall–Kier alpha value is -2.40. The van der Waals surface area contributed by atoms with Crippen molar-refractivity contribution >= 4 is 5.91 Å². The minimum atomic E-state index is -0.263. The lowest BCUT2D eigenvalue weighted by Gasteiger charge is -2.23. The van der Waals surface area contributed by atoms with Crippen LogP contribution in [0.3, 0.4) is 0 Å². The van der Waals surface area contributed by atoms with Gasteiger partial charge in [0.15, 0.2) is 0 Å². The molecule has 2 N–H and O–H groups in total. The third-order valence-corrected chi connectivity index (χ3v) is 4.05. The van der Waals surface area contributed by atoms with E-state index < -0.39 is 0 Å². The van der Waals surface area contributed by atoms with Crippen molar-refractivity contribution in [3.05, 3.63) is 65.5 Å². The molecule has 0 aliphatic carbocycles. The molecule has 0 aliphatic rings. The first-order valence-corrected chi connectivity index (χ1v) is 8.38. The zero-order valence-corrected chi connectivity index (χ0v) is 14.9. The van der Waals surface area contributed by atoms with Gasteiger partial charge in [0.05, 0.1) is 13.7 Å². The van der Waals surface area contributed by atoms with Gasteiger partial charge in [-0.05, 0) is 29.7 Å². The molecule has 2 aromatic rings. The molecule has 0 spiro atoms. The SMILES string of the molecule is COc1ccccc1CNC(=O)CN[C@@H](c1ccc(F)cc1)C(C)C. The number of carbonyl (C=O) groups is 1. The fourth-order valence-corrected chi connectivity index (χ4v) is 2.72. The Labute approximate surface area is 148 Å². The van der Waals surface area contributed by atoms with Crippen molar-refractivity contribution in [3.63, 3.8) is 0 Å². The van der Waals surface area contributed by atoms with E-state index in [1.807, 2.05) is 24.3 Å². The van der Waals surface area contributed by atoms with Crippen LogP contribution in [0.2, 0.25) is 0 Å². The molecule has 0 bridgehead atoms. The molecule has 134 valence electrons. The second kappa shape index (κ2) is 9.18. The van der Waals surface area contributed by atoms with Gasteiger partial charge >= 0.3 is 0 Å². The van der Waals surface area contributed by atoms with Gasteiger partial charge in [-0.2, -0.15) is 0 Å². The molecule has 0 unspecified atom stereocenters. The van der Waals surface area contributed by atoms with Crippen LogP contribution in [0.4, 0.5) is 4.39 Å². The van der Waals surface area contributed by atoms with E-state index in [1.165, 1.54) is 12.1 Å². The summed E-state index contributed by atoms with van der Waals surface area (Å²) in [7, 11) is 1.61. The Morgan fingerprint density at radius 2 is 1.80 bits per heavy atom. The fourth-order valence-electron chi connectivity index (χ4n) is 2.72. The number of benzene rings is 2. The molecule has 1 amide bonds. The Balaban J connectivity index is 1.89. The third kappa shape index (κ3) is 5.57. The zero-order valence-electron chi connectivity index (χ0n) is 14.9. The highest BCUT2D eigenvalue weighted by Crippen LogP contribution is 2.21. The van der Waals surface area contributed by atoms with Crippen molar-refractivity contribution in [1.82, 2.24) is 10.6 Å². The highest BCUT2D eigenvalue weighted by Gasteiger charge is 2.16. The highest BCUT2D eigenvalue weighted by atomic mass is 19.1. The van der Waals surface area contributed by atoms with E-state index >= 15 is 0 Å².